The van der Waals surface area contributed by atoms with Crippen LogP contribution in [0.2, 0.25) is 5.02 Å². The van der Waals surface area contributed by atoms with E-state index in [1.165, 1.54) is 12.1 Å². The molecule has 0 aliphatic heterocycles. The molecule has 0 N–H and O–H groups in total. The Morgan fingerprint density at radius 3 is 2.56 bits per heavy atom. The number of ether oxygens (including phenoxy) is 1. The van der Waals surface area contributed by atoms with E-state index in [1.807, 2.05) is 6.07 Å². The molecule has 1 rings (SSSR count). The van der Waals surface area contributed by atoms with E-state index < -0.39 is 6.36 Å². The second-order valence-corrected chi connectivity index (χ2v) is 3.44. The quantitative estimate of drug-likeness (QED) is 0.818. The van der Waals surface area contributed by atoms with E-state index >= 15 is 0 Å². The van der Waals surface area contributed by atoms with Crippen LogP contribution in [0.1, 0.15) is 12.0 Å². The standard InChI is InChI=1S/C10H7ClF3NO/c11-8-4-7(2-1-3-15)5-9(6-8)16-10(12,13)14/h4-6H,1-2H2. The van der Waals surface area contributed by atoms with Crippen molar-refractivity contribution in [2.45, 2.75) is 19.2 Å². The normalized spacial score (nSPS) is 10.9. The Morgan fingerprint density at radius 2 is 2.00 bits per heavy atom. The van der Waals surface area contributed by atoms with Crippen LogP contribution in [0.15, 0.2) is 18.2 Å². The molecule has 0 unspecified atom stereocenters. The Balaban J connectivity index is 2.86. The molecule has 0 atom stereocenters. The lowest BCUT2D eigenvalue weighted by Crippen LogP contribution is -2.17. The minimum Gasteiger partial charge on any atom is -0.406 e. The molecule has 0 radical (unpaired) electrons. The topological polar surface area (TPSA) is 33.0 Å². The van der Waals surface area contributed by atoms with Gasteiger partial charge in [0.1, 0.15) is 5.75 Å². The van der Waals surface area contributed by atoms with Crippen molar-refractivity contribution in [3.63, 3.8) is 0 Å². The predicted octanol–water partition coefficient (Wildman–Crippen LogP) is 3.69. The fourth-order valence-corrected chi connectivity index (χ4v) is 1.41. The number of halogens is 4. The molecule has 0 spiro atoms. The molecule has 0 saturated carbocycles. The van der Waals surface area contributed by atoms with Crippen LogP contribution >= 0.6 is 11.6 Å². The molecule has 0 aliphatic carbocycles. The van der Waals surface area contributed by atoms with Gasteiger partial charge < -0.3 is 4.74 Å². The van der Waals surface area contributed by atoms with Gasteiger partial charge in [0.05, 0.1) is 6.07 Å². The molecule has 6 heteroatoms. The number of rotatable bonds is 3. The van der Waals surface area contributed by atoms with Gasteiger partial charge in [0.15, 0.2) is 0 Å². The Bertz CT molecular complexity index is 412. The molecule has 0 aliphatic rings. The van der Waals surface area contributed by atoms with Crippen LogP contribution in [0.3, 0.4) is 0 Å². The van der Waals surface area contributed by atoms with E-state index in [1.54, 1.807) is 0 Å². The monoisotopic (exact) mass is 249 g/mol. The van der Waals surface area contributed by atoms with Crippen LogP contribution in [0.4, 0.5) is 13.2 Å². The van der Waals surface area contributed by atoms with Crippen molar-refractivity contribution in [2.24, 2.45) is 0 Å². The van der Waals surface area contributed by atoms with Crippen molar-refractivity contribution in [3.8, 4) is 11.8 Å². The van der Waals surface area contributed by atoms with E-state index in [0.29, 0.717) is 12.0 Å². The average molecular weight is 250 g/mol. The van der Waals surface area contributed by atoms with Crippen LogP contribution in [0.5, 0.6) is 5.75 Å². The molecule has 0 saturated heterocycles. The highest BCUT2D eigenvalue weighted by molar-refractivity contribution is 6.30. The Kier molecular flexibility index (Phi) is 4.02. The fourth-order valence-electron chi connectivity index (χ4n) is 1.16. The summed E-state index contributed by atoms with van der Waals surface area (Å²) >= 11 is 5.63. The molecule has 1 aromatic rings. The molecule has 0 fully saturated rings. The summed E-state index contributed by atoms with van der Waals surface area (Å²) in [6.07, 6.45) is -4.19. The predicted molar refractivity (Wildman–Crippen MR) is 52.1 cm³/mol. The Morgan fingerprint density at radius 1 is 1.31 bits per heavy atom. The van der Waals surface area contributed by atoms with Gasteiger partial charge in [-0.25, -0.2) is 0 Å². The lowest BCUT2D eigenvalue weighted by molar-refractivity contribution is -0.274. The second-order valence-electron chi connectivity index (χ2n) is 3.00. The van der Waals surface area contributed by atoms with E-state index in [0.717, 1.165) is 6.07 Å². The first-order chi connectivity index (χ1) is 7.40. The van der Waals surface area contributed by atoms with Crippen LogP contribution in [-0.4, -0.2) is 6.36 Å². The summed E-state index contributed by atoms with van der Waals surface area (Å²) in [4.78, 5) is 0. The van der Waals surface area contributed by atoms with Gasteiger partial charge in [-0.15, -0.1) is 13.2 Å². The highest BCUT2D eigenvalue weighted by Crippen LogP contribution is 2.27. The Labute approximate surface area is 95.2 Å². The maximum Gasteiger partial charge on any atom is 0.573 e. The largest absolute Gasteiger partial charge is 0.573 e. The molecule has 16 heavy (non-hydrogen) atoms. The van der Waals surface area contributed by atoms with E-state index in [-0.39, 0.29) is 17.2 Å². The summed E-state index contributed by atoms with van der Waals surface area (Å²) in [7, 11) is 0. The van der Waals surface area contributed by atoms with Crippen LogP contribution < -0.4 is 4.74 Å². The summed E-state index contributed by atoms with van der Waals surface area (Å²) in [5.74, 6) is -0.368. The summed E-state index contributed by atoms with van der Waals surface area (Å²) in [5, 5.41) is 8.51. The number of hydrogen-bond acceptors (Lipinski definition) is 2. The number of nitrogens with zero attached hydrogens (tertiary/aromatic N) is 1. The van der Waals surface area contributed by atoms with Gasteiger partial charge in [0, 0.05) is 11.4 Å². The minimum atomic E-state index is -4.74. The van der Waals surface area contributed by atoms with Crippen molar-refractivity contribution in [1.29, 1.82) is 5.26 Å². The highest BCUT2D eigenvalue weighted by atomic mass is 35.5. The van der Waals surface area contributed by atoms with Gasteiger partial charge in [-0.1, -0.05) is 11.6 Å². The van der Waals surface area contributed by atoms with Crippen LogP contribution in [-0.2, 0) is 6.42 Å². The zero-order valence-corrected chi connectivity index (χ0v) is 8.77. The SMILES string of the molecule is N#CCCc1cc(Cl)cc(OC(F)(F)F)c1. The summed E-state index contributed by atoms with van der Waals surface area (Å²) in [5.41, 5.74) is 0.535. The molecule has 0 heterocycles. The van der Waals surface area contributed by atoms with Crippen molar-refractivity contribution >= 4 is 11.6 Å². The van der Waals surface area contributed by atoms with E-state index in [2.05, 4.69) is 4.74 Å². The lowest BCUT2D eigenvalue weighted by atomic mass is 10.1. The first kappa shape index (κ1) is 12.7. The van der Waals surface area contributed by atoms with Crippen LogP contribution in [0, 0.1) is 11.3 Å². The second kappa shape index (κ2) is 5.08. The maximum absolute atomic E-state index is 11.9. The summed E-state index contributed by atoms with van der Waals surface area (Å²) in [6, 6.07) is 5.69. The minimum absolute atomic E-state index is 0.148. The number of benzene rings is 1. The smallest absolute Gasteiger partial charge is 0.406 e. The molecule has 0 aromatic heterocycles. The lowest BCUT2D eigenvalue weighted by Gasteiger charge is -2.10. The molecular weight excluding hydrogens is 243 g/mol. The van der Waals surface area contributed by atoms with Gasteiger partial charge in [-0.2, -0.15) is 5.26 Å². The van der Waals surface area contributed by atoms with Crippen molar-refractivity contribution < 1.29 is 17.9 Å². The average Bonchev–Trinajstić information content (AvgIpc) is 2.10. The van der Waals surface area contributed by atoms with E-state index in [4.69, 9.17) is 16.9 Å². The third-order valence-corrected chi connectivity index (χ3v) is 1.91. The van der Waals surface area contributed by atoms with Crippen LogP contribution in [0.25, 0.3) is 0 Å². The number of aryl methyl sites for hydroxylation is 1. The number of alkyl halides is 3. The van der Waals surface area contributed by atoms with Crippen molar-refractivity contribution in [2.75, 3.05) is 0 Å². The number of hydrogen-bond donors (Lipinski definition) is 0. The molecule has 2 nitrogen and oxygen atoms in total. The van der Waals surface area contributed by atoms with Gasteiger partial charge >= 0.3 is 6.36 Å². The molecule has 1 aromatic carbocycles. The molecule has 86 valence electrons. The zero-order valence-electron chi connectivity index (χ0n) is 8.01. The molecular formula is C10H7ClF3NO. The van der Waals surface area contributed by atoms with Gasteiger partial charge in [-0.3, -0.25) is 0 Å². The number of nitriles is 1. The molecule has 0 amide bonds. The Hall–Kier alpha value is -1.41. The maximum atomic E-state index is 11.9. The molecule has 0 bridgehead atoms. The first-order valence-electron chi connectivity index (χ1n) is 4.33. The summed E-state index contributed by atoms with van der Waals surface area (Å²) in [6.45, 7) is 0. The van der Waals surface area contributed by atoms with E-state index in [9.17, 15) is 13.2 Å². The van der Waals surface area contributed by atoms with Crippen molar-refractivity contribution in [3.05, 3.63) is 28.8 Å². The highest BCUT2D eigenvalue weighted by Gasteiger charge is 2.31. The van der Waals surface area contributed by atoms with Crippen molar-refractivity contribution in [1.82, 2.24) is 0 Å². The first-order valence-corrected chi connectivity index (χ1v) is 4.70. The van der Waals surface area contributed by atoms with Gasteiger partial charge in [0.25, 0.3) is 0 Å². The third-order valence-electron chi connectivity index (χ3n) is 1.69. The summed E-state index contributed by atoms with van der Waals surface area (Å²) < 4.78 is 39.6. The fraction of sp³-hybridized carbons (Fsp3) is 0.300. The van der Waals surface area contributed by atoms with Gasteiger partial charge in [-0.05, 0) is 30.2 Å². The third kappa shape index (κ3) is 4.41. The van der Waals surface area contributed by atoms with Gasteiger partial charge in [0.2, 0.25) is 0 Å². The zero-order chi connectivity index (χ0) is 12.2.